The maximum Gasteiger partial charge on any atom is 0.257 e. The number of piperidine rings is 1. The molecular formula is C24H23N3O3S2. The van der Waals surface area contributed by atoms with Crippen molar-refractivity contribution >= 4 is 53.4 Å². The van der Waals surface area contributed by atoms with E-state index in [-0.39, 0.29) is 10.8 Å². The summed E-state index contributed by atoms with van der Waals surface area (Å²) < 4.78 is 28.4. The SMILES string of the molecule is C[C@H]1CCCN(S(=O)(=O)c2ccc(C(=O)Nc3nc4ccc5ccccc5c4s3)cc2)C1. The number of aromatic nitrogens is 1. The molecule has 8 heteroatoms. The molecule has 1 aliphatic heterocycles. The zero-order valence-electron chi connectivity index (χ0n) is 17.6. The van der Waals surface area contributed by atoms with E-state index in [9.17, 15) is 13.2 Å². The fraction of sp³-hybridized carbons (Fsp3) is 0.250. The van der Waals surface area contributed by atoms with Gasteiger partial charge in [-0.2, -0.15) is 4.31 Å². The van der Waals surface area contributed by atoms with Crippen molar-refractivity contribution in [3.8, 4) is 0 Å². The number of fused-ring (bicyclic) bond motifs is 3. The molecular weight excluding hydrogens is 442 g/mol. The predicted molar refractivity (Wildman–Crippen MR) is 129 cm³/mol. The predicted octanol–water partition coefficient (Wildman–Crippen LogP) is 5.12. The smallest absolute Gasteiger partial charge is 0.257 e. The number of sulfonamides is 1. The van der Waals surface area contributed by atoms with Crippen LogP contribution in [-0.2, 0) is 10.0 Å². The number of anilines is 1. The summed E-state index contributed by atoms with van der Waals surface area (Å²) in [5, 5.41) is 5.59. The highest BCUT2D eigenvalue weighted by Gasteiger charge is 2.28. The van der Waals surface area contributed by atoms with Crippen molar-refractivity contribution in [3.63, 3.8) is 0 Å². The highest BCUT2D eigenvalue weighted by Crippen LogP contribution is 2.33. The Kier molecular flexibility index (Phi) is 5.44. The first-order valence-corrected chi connectivity index (χ1v) is 12.9. The third-order valence-electron chi connectivity index (χ3n) is 5.87. The third-order valence-corrected chi connectivity index (χ3v) is 8.77. The van der Waals surface area contributed by atoms with Gasteiger partial charge in [0, 0.05) is 24.0 Å². The molecule has 164 valence electrons. The minimum Gasteiger partial charge on any atom is -0.298 e. The van der Waals surface area contributed by atoms with E-state index in [2.05, 4.69) is 17.2 Å². The van der Waals surface area contributed by atoms with Gasteiger partial charge in [0.15, 0.2) is 5.13 Å². The molecule has 32 heavy (non-hydrogen) atoms. The molecule has 1 fully saturated rings. The summed E-state index contributed by atoms with van der Waals surface area (Å²) in [5.41, 5.74) is 1.22. The zero-order chi connectivity index (χ0) is 22.3. The molecule has 0 unspecified atom stereocenters. The van der Waals surface area contributed by atoms with Crippen molar-refractivity contribution in [3.05, 3.63) is 66.2 Å². The second-order valence-electron chi connectivity index (χ2n) is 8.24. The molecule has 1 aliphatic rings. The van der Waals surface area contributed by atoms with E-state index < -0.39 is 10.0 Å². The highest BCUT2D eigenvalue weighted by molar-refractivity contribution is 7.89. The molecule has 4 aromatic rings. The first kappa shape index (κ1) is 21.1. The molecule has 0 spiro atoms. The number of thiazole rings is 1. The van der Waals surface area contributed by atoms with Gasteiger partial charge in [0.25, 0.3) is 5.91 Å². The summed E-state index contributed by atoms with van der Waals surface area (Å²) in [5.74, 6) is 0.0402. The molecule has 1 saturated heterocycles. The summed E-state index contributed by atoms with van der Waals surface area (Å²) >= 11 is 1.43. The molecule has 0 saturated carbocycles. The molecule has 2 heterocycles. The van der Waals surface area contributed by atoms with E-state index >= 15 is 0 Å². The minimum atomic E-state index is -3.54. The lowest BCUT2D eigenvalue weighted by molar-refractivity contribution is 0.102. The van der Waals surface area contributed by atoms with Crippen molar-refractivity contribution in [2.24, 2.45) is 5.92 Å². The van der Waals surface area contributed by atoms with Gasteiger partial charge in [0.2, 0.25) is 10.0 Å². The molecule has 5 rings (SSSR count). The second-order valence-corrected chi connectivity index (χ2v) is 11.2. The van der Waals surface area contributed by atoms with E-state index in [0.717, 1.165) is 33.8 Å². The lowest BCUT2D eigenvalue weighted by Crippen LogP contribution is -2.39. The number of hydrogen-bond acceptors (Lipinski definition) is 5. The number of carbonyl (C=O) groups excluding carboxylic acids is 1. The van der Waals surface area contributed by atoms with E-state index in [1.807, 2.05) is 36.4 Å². The minimum absolute atomic E-state index is 0.217. The molecule has 1 atom stereocenters. The number of hydrogen-bond donors (Lipinski definition) is 1. The molecule has 0 radical (unpaired) electrons. The van der Waals surface area contributed by atoms with Crippen LogP contribution in [0.5, 0.6) is 0 Å². The number of amides is 1. The normalized spacial score (nSPS) is 17.6. The highest BCUT2D eigenvalue weighted by atomic mass is 32.2. The molecule has 0 bridgehead atoms. The summed E-state index contributed by atoms with van der Waals surface area (Å²) in [4.78, 5) is 17.5. The fourth-order valence-electron chi connectivity index (χ4n) is 4.17. The van der Waals surface area contributed by atoms with Crippen molar-refractivity contribution in [2.45, 2.75) is 24.7 Å². The van der Waals surface area contributed by atoms with Crippen LogP contribution in [0, 0.1) is 5.92 Å². The van der Waals surface area contributed by atoms with Gasteiger partial charge in [-0.1, -0.05) is 48.6 Å². The van der Waals surface area contributed by atoms with Gasteiger partial charge in [0.05, 0.1) is 15.1 Å². The Morgan fingerprint density at radius 2 is 1.88 bits per heavy atom. The third kappa shape index (κ3) is 3.90. The first-order valence-electron chi connectivity index (χ1n) is 10.6. The van der Waals surface area contributed by atoms with Gasteiger partial charge in [-0.25, -0.2) is 13.4 Å². The number of nitrogens with one attached hydrogen (secondary N) is 1. The molecule has 6 nitrogen and oxygen atoms in total. The number of rotatable bonds is 4. The molecule has 0 aliphatic carbocycles. The van der Waals surface area contributed by atoms with Crippen LogP contribution >= 0.6 is 11.3 Å². The summed E-state index contributed by atoms with van der Waals surface area (Å²) in [7, 11) is -3.54. The van der Waals surface area contributed by atoms with Gasteiger partial charge in [-0.05, 0) is 54.5 Å². The van der Waals surface area contributed by atoms with Crippen molar-refractivity contribution < 1.29 is 13.2 Å². The van der Waals surface area contributed by atoms with Crippen LogP contribution < -0.4 is 5.32 Å². The molecule has 3 aromatic carbocycles. The maximum atomic E-state index is 12.9. The van der Waals surface area contributed by atoms with Gasteiger partial charge >= 0.3 is 0 Å². The quantitative estimate of drug-likeness (QED) is 0.454. The Labute approximate surface area is 190 Å². The Morgan fingerprint density at radius 3 is 2.66 bits per heavy atom. The summed E-state index contributed by atoms with van der Waals surface area (Å²) in [6.07, 6.45) is 1.92. The largest absolute Gasteiger partial charge is 0.298 e. The van der Waals surface area contributed by atoms with Crippen LogP contribution in [0.15, 0.2) is 65.6 Å². The van der Waals surface area contributed by atoms with Gasteiger partial charge in [0.1, 0.15) is 0 Å². The molecule has 1 amide bonds. The Bertz CT molecular complexity index is 1410. The number of carbonyl (C=O) groups is 1. The van der Waals surface area contributed by atoms with Crippen molar-refractivity contribution in [1.29, 1.82) is 0 Å². The second kappa shape index (κ2) is 8.27. The van der Waals surface area contributed by atoms with Crippen LogP contribution in [0.25, 0.3) is 21.0 Å². The fourth-order valence-corrected chi connectivity index (χ4v) is 6.76. The van der Waals surface area contributed by atoms with Crippen LogP contribution in [0.3, 0.4) is 0 Å². The Morgan fingerprint density at radius 1 is 1.09 bits per heavy atom. The standard InChI is InChI=1S/C24H23N3O3S2/c1-16-5-4-14-27(15-16)32(29,30)19-11-8-18(9-12-19)23(28)26-24-25-21-13-10-17-6-2-3-7-20(17)22(21)31-24/h2-3,6-13,16H,4-5,14-15H2,1H3,(H,25,26,28)/t16-/m0/s1. The number of benzene rings is 3. The Balaban J connectivity index is 1.35. The first-order chi connectivity index (χ1) is 15.4. The Hall–Kier alpha value is -2.81. The van der Waals surface area contributed by atoms with Gasteiger partial charge in [-0.3, -0.25) is 10.1 Å². The zero-order valence-corrected chi connectivity index (χ0v) is 19.2. The lowest BCUT2D eigenvalue weighted by atomic mass is 10.0. The van der Waals surface area contributed by atoms with E-state index in [1.54, 1.807) is 16.4 Å². The van der Waals surface area contributed by atoms with Crippen LogP contribution in [0.4, 0.5) is 5.13 Å². The van der Waals surface area contributed by atoms with Gasteiger partial charge < -0.3 is 0 Å². The summed E-state index contributed by atoms with van der Waals surface area (Å²) in [6, 6.07) is 18.2. The average molecular weight is 466 g/mol. The van der Waals surface area contributed by atoms with Crippen molar-refractivity contribution in [2.75, 3.05) is 18.4 Å². The van der Waals surface area contributed by atoms with Crippen LogP contribution in [-0.4, -0.2) is 36.7 Å². The lowest BCUT2D eigenvalue weighted by Gasteiger charge is -2.30. The topological polar surface area (TPSA) is 79.4 Å². The van der Waals surface area contributed by atoms with E-state index in [0.29, 0.717) is 29.7 Å². The molecule has 1 aromatic heterocycles. The monoisotopic (exact) mass is 465 g/mol. The van der Waals surface area contributed by atoms with Gasteiger partial charge in [-0.15, -0.1) is 0 Å². The summed E-state index contributed by atoms with van der Waals surface area (Å²) in [6.45, 7) is 3.15. The van der Waals surface area contributed by atoms with E-state index in [1.165, 1.54) is 23.5 Å². The maximum absolute atomic E-state index is 12.9. The van der Waals surface area contributed by atoms with E-state index in [4.69, 9.17) is 0 Å². The average Bonchev–Trinajstić information content (AvgIpc) is 3.22. The number of nitrogens with zero attached hydrogens (tertiary/aromatic N) is 2. The van der Waals surface area contributed by atoms with Crippen LogP contribution in [0.2, 0.25) is 0 Å². The molecule has 1 N–H and O–H groups in total. The van der Waals surface area contributed by atoms with Crippen LogP contribution in [0.1, 0.15) is 30.1 Å². The van der Waals surface area contributed by atoms with Crippen molar-refractivity contribution in [1.82, 2.24) is 9.29 Å².